The van der Waals surface area contributed by atoms with E-state index in [9.17, 15) is 0 Å². The van der Waals surface area contributed by atoms with Crippen LogP contribution in [0.3, 0.4) is 0 Å². The normalized spacial score (nSPS) is 13.1. The summed E-state index contributed by atoms with van der Waals surface area (Å²) >= 11 is 0. The molecule has 1 aliphatic carbocycles. The number of benzene rings is 11. The summed E-state index contributed by atoms with van der Waals surface area (Å²) in [5, 5.41) is 12.8. The van der Waals surface area contributed by atoms with Gasteiger partial charge in [0.2, 0.25) is 0 Å². The Hall–Kier alpha value is -7.28. The van der Waals surface area contributed by atoms with E-state index in [1.54, 1.807) is 0 Å². The molecule has 11 aromatic rings. The van der Waals surface area contributed by atoms with Gasteiger partial charge in [-0.15, -0.1) is 0 Å². The van der Waals surface area contributed by atoms with Crippen molar-refractivity contribution in [3.05, 3.63) is 217 Å². The maximum Gasteiger partial charge on any atom is 0.0159 e. The van der Waals surface area contributed by atoms with E-state index in [0.717, 1.165) is 0 Å². The van der Waals surface area contributed by atoms with Crippen LogP contribution in [0.5, 0.6) is 0 Å². The zero-order valence-electron chi connectivity index (χ0n) is 33.1. The largest absolute Gasteiger partial charge is 0.0616 e. The topological polar surface area (TPSA) is 0 Å². The van der Waals surface area contributed by atoms with Crippen molar-refractivity contribution in [1.82, 2.24) is 0 Å². The summed E-state index contributed by atoms with van der Waals surface area (Å²) in [4.78, 5) is 0. The molecule has 0 heterocycles. The lowest BCUT2D eigenvalue weighted by atomic mass is 9.80. The van der Waals surface area contributed by atoms with Gasteiger partial charge in [-0.1, -0.05) is 196 Å². The number of fused-ring (bicyclic) bond motifs is 9. The van der Waals surface area contributed by atoms with Crippen molar-refractivity contribution >= 4 is 53.9 Å². The molecule has 0 radical (unpaired) electrons. The van der Waals surface area contributed by atoms with Crippen LogP contribution in [0.15, 0.2) is 206 Å². The van der Waals surface area contributed by atoms with Gasteiger partial charge in [-0.3, -0.25) is 0 Å². The monoisotopic (exact) mass is 748 g/mol. The highest BCUT2D eigenvalue weighted by Gasteiger charge is 2.36. The highest BCUT2D eigenvalue weighted by molar-refractivity contribution is 6.21. The fraction of sp³-hybridized carbons (Fsp3) is 0.0508. The first-order valence-corrected chi connectivity index (χ1v) is 20.7. The molecular weight excluding hydrogens is 709 g/mol. The van der Waals surface area contributed by atoms with Gasteiger partial charge in [0.05, 0.1) is 0 Å². The first-order chi connectivity index (χ1) is 29.0. The van der Waals surface area contributed by atoms with Crippen molar-refractivity contribution in [1.29, 1.82) is 0 Å². The molecule has 12 rings (SSSR count). The second-order valence-corrected chi connectivity index (χ2v) is 16.8. The van der Waals surface area contributed by atoms with Gasteiger partial charge >= 0.3 is 0 Å². The molecule has 0 N–H and O–H groups in total. The molecule has 0 unspecified atom stereocenters. The van der Waals surface area contributed by atoms with Crippen LogP contribution in [-0.2, 0) is 5.41 Å². The van der Waals surface area contributed by atoms with Crippen molar-refractivity contribution < 1.29 is 0 Å². The first kappa shape index (κ1) is 33.8. The minimum absolute atomic E-state index is 0.169. The second kappa shape index (κ2) is 12.9. The maximum atomic E-state index is 2.49. The Bertz CT molecular complexity index is 3460. The van der Waals surface area contributed by atoms with Crippen LogP contribution in [0.2, 0.25) is 0 Å². The van der Waals surface area contributed by atoms with Crippen LogP contribution in [0, 0.1) is 0 Å². The van der Waals surface area contributed by atoms with Gasteiger partial charge in [-0.05, 0) is 145 Å². The number of rotatable bonds is 4. The quantitative estimate of drug-likeness (QED) is 0.124. The second-order valence-electron chi connectivity index (χ2n) is 16.8. The molecule has 59 heavy (non-hydrogen) atoms. The predicted octanol–water partition coefficient (Wildman–Crippen LogP) is 16.4. The lowest BCUT2D eigenvalue weighted by Crippen LogP contribution is -2.15. The Kier molecular flexibility index (Phi) is 7.38. The average Bonchev–Trinajstić information content (AvgIpc) is 3.52. The molecule has 0 nitrogen and oxygen atoms in total. The van der Waals surface area contributed by atoms with Gasteiger partial charge in [0.1, 0.15) is 0 Å². The molecule has 0 heteroatoms. The highest BCUT2D eigenvalue weighted by atomic mass is 14.4. The zero-order valence-corrected chi connectivity index (χ0v) is 33.1. The van der Waals surface area contributed by atoms with E-state index >= 15 is 0 Å². The smallest absolute Gasteiger partial charge is 0.0159 e. The van der Waals surface area contributed by atoms with Crippen molar-refractivity contribution in [3.63, 3.8) is 0 Å². The minimum atomic E-state index is -0.169. The Morgan fingerprint density at radius 3 is 1.37 bits per heavy atom. The summed E-state index contributed by atoms with van der Waals surface area (Å²) in [6.07, 6.45) is 0. The summed E-state index contributed by atoms with van der Waals surface area (Å²) in [5.41, 5.74) is 15.3. The summed E-state index contributed by atoms with van der Waals surface area (Å²) in [7, 11) is 0. The van der Waals surface area contributed by atoms with Gasteiger partial charge in [0, 0.05) is 5.41 Å². The molecule has 1 aliphatic rings. The number of hydrogen-bond acceptors (Lipinski definition) is 0. The van der Waals surface area contributed by atoms with Gasteiger partial charge in [0.15, 0.2) is 0 Å². The highest BCUT2D eigenvalue weighted by Crippen LogP contribution is 2.52. The SMILES string of the molecule is CC1(C)c2cc(-c3ccc4c(ccc5ccccc54)c3)ccc2-c2ccc(-c3c4ccccc4c(-c4cccc(-c5cccc6ccccc56)c4)c4ccccc34)cc21. The Morgan fingerprint density at radius 1 is 0.254 bits per heavy atom. The van der Waals surface area contributed by atoms with Crippen LogP contribution in [0.1, 0.15) is 25.0 Å². The van der Waals surface area contributed by atoms with Gasteiger partial charge in [-0.25, -0.2) is 0 Å². The van der Waals surface area contributed by atoms with Crippen LogP contribution in [0.25, 0.3) is 109 Å². The third-order valence-corrected chi connectivity index (χ3v) is 13.2. The third-order valence-electron chi connectivity index (χ3n) is 13.2. The van der Waals surface area contributed by atoms with Gasteiger partial charge in [0.25, 0.3) is 0 Å². The molecule has 0 spiro atoms. The van der Waals surface area contributed by atoms with Crippen molar-refractivity contribution in [2.45, 2.75) is 19.3 Å². The van der Waals surface area contributed by atoms with E-state index in [2.05, 4.69) is 220 Å². The van der Waals surface area contributed by atoms with Crippen LogP contribution in [0.4, 0.5) is 0 Å². The minimum Gasteiger partial charge on any atom is -0.0616 e. The van der Waals surface area contributed by atoms with E-state index in [1.165, 1.54) is 121 Å². The van der Waals surface area contributed by atoms with Crippen LogP contribution in [-0.4, -0.2) is 0 Å². The fourth-order valence-corrected chi connectivity index (χ4v) is 10.3. The van der Waals surface area contributed by atoms with E-state index in [4.69, 9.17) is 0 Å². The van der Waals surface area contributed by atoms with Crippen molar-refractivity contribution in [2.75, 3.05) is 0 Å². The molecule has 0 fully saturated rings. The Balaban J connectivity index is 0.983. The van der Waals surface area contributed by atoms with Crippen molar-refractivity contribution in [3.8, 4) is 55.6 Å². The lowest BCUT2D eigenvalue weighted by Gasteiger charge is -2.23. The molecular formula is C59H40. The van der Waals surface area contributed by atoms with E-state index in [-0.39, 0.29) is 5.41 Å². The summed E-state index contributed by atoms with van der Waals surface area (Å²) in [6, 6.07) is 77.0. The zero-order chi connectivity index (χ0) is 39.2. The van der Waals surface area contributed by atoms with E-state index < -0.39 is 0 Å². The van der Waals surface area contributed by atoms with Crippen LogP contribution >= 0.6 is 0 Å². The molecule has 0 aromatic heterocycles. The Morgan fingerprint density at radius 2 is 0.695 bits per heavy atom. The van der Waals surface area contributed by atoms with E-state index in [0.29, 0.717) is 0 Å². The summed E-state index contributed by atoms with van der Waals surface area (Å²) in [5.74, 6) is 0. The summed E-state index contributed by atoms with van der Waals surface area (Å²) < 4.78 is 0. The maximum absolute atomic E-state index is 2.49. The van der Waals surface area contributed by atoms with Crippen molar-refractivity contribution in [2.24, 2.45) is 0 Å². The predicted molar refractivity (Wildman–Crippen MR) is 253 cm³/mol. The molecule has 0 aliphatic heterocycles. The molecule has 0 atom stereocenters. The van der Waals surface area contributed by atoms with Gasteiger partial charge in [-0.2, -0.15) is 0 Å². The standard InChI is InChI=1S/C59H40/c1-59(2)55-35-40(39-27-30-48-42(33-39)26-25-38-14-4-6-19-46(38)48)28-31-49(55)50-32-29-44(36-56(50)59)58-53-22-9-7-20-51(53)57(52-21-8-10-23-54(52)58)43-17-11-16-41(34-43)47-24-12-15-37-13-3-5-18-45(37)47/h3-36H,1-2H3. The Labute approximate surface area is 344 Å². The lowest BCUT2D eigenvalue weighted by molar-refractivity contribution is 0.661. The molecule has 0 saturated carbocycles. The molecule has 276 valence electrons. The molecule has 0 saturated heterocycles. The van der Waals surface area contributed by atoms with Gasteiger partial charge < -0.3 is 0 Å². The molecule has 11 aromatic carbocycles. The van der Waals surface area contributed by atoms with E-state index in [1.807, 2.05) is 0 Å². The average molecular weight is 749 g/mol. The molecule has 0 amide bonds. The fourth-order valence-electron chi connectivity index (χ4n) is 10.3. The van der Waals surface area contributed by atoms with Crippen LogP contribution < -0.4 is 0 Å². The molecule has 0 bridgehead atoms. The first-order valence-electron chi connectivity index (χ1n) is 20.7. The summed E-state index contributed by atoms with van der Waals surface area (Å²) in [6.45, 7) is 4.81. The number of hydrogen-bond donors (Lipinski definition) is 0. The third kappa shape index (κ3) is 5.16.